The highest BCUT2D eigenvalue weighted by Gasteiger charge is 2.20. The molecular formula is C13H14Cl3NO4. The third-order valence-corrected chi connectivity index (χ3v) is 3.46. The third kappa shape index (κ3) is 5.26. The smallest absolute Gasteiger partial charge is 0.347 e. The average Bonchev–Trinajstić information content (AvgIpc) is 2.41. The zero-order valence-electron chi connectivity index (χ0n) is 11.7. The quantitative estimate of drug-likeness (QED) is 0.602. The predicted octanol–water partition coefficient (Wildman–Crippen LogP) is 3.05. The molecule has 116 valence electrons. The van der Waals surface area contributed by atoms with Gasteiger partial charge in [0, 0.05) is 20.2 Å². The standard InChI is InChI=1S/C13H14Cl3NO4/c1-7(13(19)20-6-12(18)17(2)3)21-11-5-9(15)8(14)4-10(11)16/h4-5,7H,6H2,1-3H3/t7-/m0/s1. The van der Waals surface area contributed by atoms with Crippen LogP contribution in [0.4, 0.5) is 0 Å². The molecule has 0 aliphatic rings. The minimum absolute atomic E-state index is 0.203. The van der Waals surface area contributed by atoms with Crippen molar-refractivity contribution in [3.8, 4) is 5.75 Å². The lowest BCUT2D eigenvalue weighted by atomic mass is 10.3. The Balaban J connectivity index is 2.64. The number of hydrogen-bond acceptors (Lipinski definition) is 4. The second-order valence-electron chi connectivity index (χ2n) is 4.35. The van der Waals surface area contributed by atoms with Gasteiger partial charge in [-0.05, 0) is 13.0 Å². The number of halogens is 3. The number of hydrogen-bond donors (Lipinski definition) is 0. The van der Waals surface area contributed by atoms with Crippen LogP contribution in [-0.2, 0) is 14.3 Å². The van der Waals surface area contributed by atoms with E-state index >= 15 is 0 Å². The predicted molar refractivity (Wildman–Crippen MR) is 81.2 cm³/mol. The Morgan fingerprint density at radius 2 is 1.71 bits per heavy atom. The van der Waals surface area contributed by atoms with E-state index in [0.717, 1.165) is 0 Å². The Morgan fingerprint density at radius 1 is 1.14 bits per heavy atom. The minimum atomic E-state index is -0.949. The van der Waals surface area contributed by atoms with Crippen molar-refractivity contribution in [2.75, 3.05) is 20.7 Å². The van der Waals surface area contributed by atoms with E-state index in [4.69, 9.17) is 44.3 Å². The molecule has 0 aliphatic heterocycles. The molecule has 8 heteroatoms. The van der Waals surface area contributed by atoms with Crippen molar-refractivity contribution in [1.29, 1.82) is 0 Å². The highest BCUT2D eigenvalue weighted by molar-refractivity contribution is 6.43. The number of carbonyl (C=O) groups is 2. The van der Waals surface area contributed by atoms with Crippen LogP contribution in [0.2, 0.25) is 15.1 Å². The molecule has 1 aromatic rings. The van der Waals surface area contributed by atoms with Gasteiger partial charge in [0.05, 0.1) is 15.1 Å². The Hall–Kier alpha value is -1.17. The van der Waals surface area contributed by atoms with E-state index in [1.807, 2.05) is 0 Å². The average molecular weight is 355 g/mol. The molecule has 0 fully saturated rings. The summed E-state index contributed by atoms with van der Waals surface area (Å²) in [5, 5.41) is 0.744. The second-order valence-corrected chi connectivity index (χ2v) is 5.57. The minimum Gasteiger partial charge on any atom is -0.477 e. The molecule has 1 atom stereocenters. The molecule has 0 spiro atoms. The van der Waals surface area contributed by atoms with Gasteiger partial charge in [0.2, 0.25) is 0 Å². The van der Waals surface area contributed by atoms with Crippen LogP contribution in [0.5, 0.6) is 5.75 Å². The van der Waals surface area contributed by atoms with Crippen LogP contribution in [0.1, 0.15) is 6.92 Å². The van der Waals surface area contributed by atoms with Crippen molar-refractivity contribution in [2.24, 2.45) is 0 Å². The largest absolute Gasteiger partial charge is 0.477 e. The SMILES string of the molecule is C[C@H](Oc1cc(Cl)c(Cl)cc1Cl)C(=O)OCC(=O)N(C)C. The van der Waals surface area contributed by atoms with Crippen LogP contribution in [0.3, 0.4) is 0 Å². The van der Waals surface area contributed by atoms with Gasteiger partial charge in [0.1, 0.15) is 5.75 Å². The van der Waals surface area contributed by atoms with E-state index in [2.05, 4.69) is 0 Å². The maximum Gasteiger partial charge on any atom is 0.347 e. The van der Waals surface area contributed by atoms with Crippen LogP contribution in [0.25, 0.3) is 0 Å². The summed E-state index contributed by atoms with van der Waals surface area (Å²) >= 11 is 17.6. The van der Waals surface area contributed by atoms with Gasteiger partial charge in [-0.25, -0.2) is 4.79 Å². The molecule has 1 aromatic carbocycles. The highest BCUT2D eigenvalue weighted by Crippen LogP contribution is 2.34. The molecule has 0 N–H and O–H groups in total. The van der Waals surface area contributed by atoms with E-state index < -0.39 is 12.1 Å². The molecule has 0 unspecified atom stereocenters. The lowest BCUT2D eigenvalue weighted by Gasteiger charge is -2.16. The summed E-state index contributed by atoms with van der Waals surface area (Å²) in [6.07, 6.45) is -0.949. The molecular weight excluding hydrogens is 341 g/mol. The first-order valence-electron chi connectivity index (χ1n) is 5.90. The zero-order valence-corrected chi connectivity index (χ0v) is 13.9. The summed E-state index contributed by atoms with van der Waals surface area (Å²) in [5.74, 6) is -0.815. The topological polar surface area (TPSA) is 55.8 Å². The van der Waals surface area contributed by atoms with Gasteiger partial charge in [0.25, 0.3) is 5.91 Å². The molecule has 1 rings (SSSR count). The fraction of sp³-hybridized carbons (Fsp3) is 0.385. The number of benzene rings is 1. The Morgan fingerprint density at radius 3 is 2.29 bits per heavy atom. The van der Waals surface area contributed by atoms with Gasteiger partial charge in [-0.3, -0.25) is 4.79 Å². The van der Waals surface area contributed by atoms with Crippen LogP contribution in [-0.4, -0.2) is 43.6 Å². The summed E-state index contributed by atoms with van der Waals surface area (Å²) in [6.45, 7) is 1.12. The molecule has 1 amide bonds. The number of rotatable bonds is 5. The summed E-state index contributed by atoms with van der Waals surface area (Å²) in [4.78, 5) is 24.4. The fourth-order valence-electron chi connectivity index (χ4n) is 1.21. The lowest BCUT2D eigenvalue weighted by Crippen LogP contribution is -2.32. The molecule has 0 saturated heterocycles. The van der Waals surface area contributed by atoms with Crippen LogP contribution in [0.15, 0.2) is 12.1 Å². The van der Waals surface area contributed by atoms with E-state index in [9.17, 15) is 9.59 Å². The van der Waals surface area contributed by atoms with E-state index in [0.29, 0.717) is 0 Å². The number of ether oxygens (including phenoxy) is 2. The number of likely N-dealkylation sites (N-methyl/N-ethyl adjacent to an activating group) is 1. The van der Waals surface area contributed by atoms with Gasteiger partial charge in [-0.1, -0.05) is 34.8 Å². The molecule has 5 nitrogen and oxygen atoms in total. The van der Waals surface area contributed by atoms with Gasteiger partial charge >= 0.3 is 5.97 Å². The van der Waals surface area contributed by atoms with E-state index in [-0.39, 0.29) is 33.3 Å². The summed E-state index contributed by atoms with van der Waals surface area (Å²) in [6, 6.07) is 2.81. The number of nitrogens with zero attached hydrogens (tertiary/aromatic N) is 1. The van der Waals surface area contributed by atoms with Crippen LogP contribution in [0, 0.1) is 0 Å². The van der Waals surface area contributed by atoms with Crippen molar-refractivity contribution >= 4 is 46.7 Å². The van der Waals surface area contributed by atoms with Gasteiger partial charge in [-0.2, -0.15) is 0 Å². The van der Waals surface area contributed by atoms with Crippen molar-refractivity contribution in [2.45, 2.75) is 13.0 Å². The van der Waals surface area contributed by atoms with Crippen molar-refractivity contribution in [3.63, 3.8) is 0 Å². The first-order chi connectivity index (χ1) is 9.72. The Labute approximate surface area is 137 Å². The molecule has 0 aromatic heterocycles. The number of esters is 1. The summed E-state index contributed by atoms with van der Waals surface area (Å²) < 4.78 is 10.2. The summed E-state index contributed by atoms with van der Waals surface area (Å²) in [7, 11) is 3.12. The Bertz CT molecular complexity index is 548. The molecule has 0 saturated carbocycles. The molecule has 21 heavy (non-hydrogen) atoms. The first-order valence-corrected chi connectivity index (χ1v) is 7.03. The van der Waals surface area contributed by atoms with Gasteiger partial charge in [-0.15, -0.1) is 0 Å². The van der Waals surface area contributed by atoms with Crippen molar-refractivity contribution in [3.05, 3.63) is 27.2 Å². The molecule has 0 radical (unpaired) electrons. The number of carbonyl (C=O) groups excluding carboxylic acids is 2. The van der Waals surface area contributed by atoms with Crippen LogP contribution >= 0.6 is 34.8 Å². The van der Waals surface area contributed by atoms with Gasteiger partial charge in [0.15, 0.2) is 12.7 Å². The third-order valence-electron chi connectivity index (χ3n) is 2.45. The van der Waals surface area contributed by atoms with E-state index in [1.165, 1.54) is 24.0 Å². The molecule has 0 heterocycles. The molecule has 0 aliphatic carbocycles. The summed E-state index contributed by atoms with van der Waals surface area (Å²) in [5.41, 5.74) is 0. The van der Waals surface area contributed by atoms with Crippen LogP contribution < -0.4 is 4.74 Å². The fourth-order valence-corrected chi connectivity index (χ4v) is 1.79. The highest BCUT2D eigenvalue weighted by atomic mass is 35.5. The second kappa shape index (κ2) is 7.73. The normalized spacial score (nSPS) is 11.7. The van der Waals surface area contributed by atoms with Gasteiger partial charge < -0.3 is 14.4 Å². The lowest BCUT2D eigenvalue weighted by molar-refractivity contribution is -0.156. The zero-order chi connectivity index (χ0) is 16.2. The first kappa shape index (κ1) is 17.9. The van der Waals surface area contributed by atoms with Crippen molar-refractivity contribution in [1.82, 2.24) is 4.90 Å². The maximum atomic E-state index is 11.7. The maximum absolute atomic E-state index is 11.7. The van der Waals surface area contributed by atoms with E-state index in [1.54, 1.807) is 14.1 Å². The van der Waals surface area contributed by atoms with Crippen molar-refractivity contribution < 1.29 is 19.1 Å². The Kier molecular flexibility index (Phi) is 6.58. The number of amides is 1. The molecule has 0 bridgehead atoms. The monoisotopic (exact) mass is 353 g/mol.